The molecule has 1 fully saturated rings. The van der Waals surface area contributed by atoms with Crippen molar-refractivity contribution in [1.82, 2.24) is 14.5 Å². The third kappa shape index (κ3) is 3.66. The minimum atomic E-state index is -0.845. The van der Waals surface area contributed by atoms with Crippen molar-refractivity contribution in [3.63, 3.8) is 0 Å². The Balaban J connectivity index is 2.09. The molecule has 1 aliphatic heterocycles. The zero-order valence-corrected chi connectivity index (χ0v) is 16.2. The molecule has 0 saturated carbocycles. The lowest BCUT2D eigenvalue weighted by atomic mass is 10.0. The van der Waals surface area contributed by atoms with Gasteiger partial charge < -0.3 is 19.5 Å². The fourth-order valence-corrected chi connectivity index (χ4v) is 4.18. The maximum absolute atomic E-state index is 9.88. The van der Waals surface area contributed by atoms with Crippen LogP contribution in [0.2, 0.25) is 5.15 Å². The number of aromatic nitrogens is 3. The van der Waals surface area contributed by atoms with E-state index in [1.54, 1.807) is 0 Å². The molecule has 1 saturated heterocycles. The van der Waals surface area contributed by atoms with Crippen molar-refractivity contribution >= 4 is 34.4 Å². The first kappa shape index (κ1) is 18.9. The van der Waals surface area contributed by atoms with Crippen LogP contribution in [0.5, 0.6) is 0 Å². The lowest BCUT2D eigenvalue weighted by Crippen LogP contribution is -2.15. The van der Waals surface area contributed by atoms with Gasteiger partial charge in [-0.2, -0.15) is 0 Å². The molecule has 0 aliphatic carbocycles. The van der Waals surface area contributed by atoms with Gasteiger partial charge in [-0.1, -0.05) is 37.2 Å². The highest BCUT2D eigenvalue weighted by Crippen LogP contribution is 2.39. The number of aliphatic hydroxyl groups excluding tert-OH is 2. The molecule has 8 heteroatoms. The number of hydrogen-bond acceptors (Lipinski definition) is 6. The lowest BCUT2D eigenvalue weighted by Gasteiger charge is -2.15. The van der Waals surface area contributed by atoms with Gasteiger partial charge in [0.15, 0.2) is 5.16 Å². The van der Waals surface area contributed by atoms with Gasteiger partial charge in [0.2, 0.25) is 0 Å². The Morgan fingerprint density at radius 2 is 2.24 bits per heavy atom. The SMILES string of the molecule is CCC1OC(n2cc(CC(O)CO)c3c(Cl)nc(SC)nc32)CC1C. The van der Waals surface area contributed by atoms with Crippen LogP contribution in [0.3, 0.4) is 0 Å². The smallest absolute Gasteiger partial charge is 0.190 e. The summed E-state index contributed by atoms with van der Waals surface area (Å²) >= 11 is 7.85. The van der Waals surface area contributed by atoms with Crippen LogP contribution < -0.4 is 0 Å². The molecule has 3 rings (SSSR count). The molecular weight excluding hydrogens is 362 g/mol. The van der Waals surface area contributed by atoms with Gasteiger partial charge in [-0.3, -0.25) is 0 Å². The van der Waals surface area contributed by atoms with Crippen molar-refractivity contribution < 1.29 is 14.9 Å². The second kappa shape index (κ2) is 7.80. The number of thioether (sulfide) groups is 1. The van der Waals surface area contributed by atoms with Crippen molar-refractivity contribution in [2.75, 3.05) is 12.9 Å². The topological polar surface area (TPSA) is 80.4 Å². The third-order valence-electron chi connectivity index (χ3n) is 4.79. The van der Waals surface area contributed by atoms with E-state index in [0.717, 1.165) is 29.4 Å². The summed E-state index contributed by atoms with van der Waals surface area (Å²) in [5.41, 5.74) is 1.55. The predicted octanol–water partition coefficient (Wildman–Crippen LogP) is 3.04. The average molecular weight is 386 g/mol. The van der Waals surface area contributed by atoms with E-state index >= 15 is 0 Å². The Morgan fingerprint density at radius 3 is 2.84 bits per heavy atom. The molecule has 0 amide bonds. The summed E-state index contributed by atoms with van der Waals surface area (Å²) in [5.74, 6) is 0.469. The van der Waals surface area contributed by atoms with Crippen LogP contribution in [0.1, 0.15) is 38.5 Å². The highest BCUT2D eigenvalue weighted by Gasteiger charge is 2.33. The Bertz CT molecular complexity index is 754. The molecule has 3 heterocycles. The van der Waals surface area contributed by atoms with Gasteiger partial charge >= 0.3 is 0 Å². The molecule has 25 heavy (non-hydrogen) atoms. The Morgan fingerprint density at radius 1 is 1.48 bits per heavy atom. The van der Waals surface area contributed by atoms with Gasteiger partial charge in [-0.15, -0.1) is 0 Å². The number of fused-ring (bicyclic) bond motifs is 1. The summed E-state index contributed by atoms with van der Waals surface area (Å²) in [7, 11) is 0. The van der Waals surface area contributed by atoms with E-state index in [4.69, 9.17) is 16.3 Å². The number of halogens is 1. The Kier molecular flexibility index (Phi) is 5.90. The van der Waals surface area contributed by atoms with Crippen LogP contribution in [0.4, 0.5) is 0 Å². The molecular formula is C17H24ClN3O3S. The van der Waals surface area contributed by atoms with Crippen LogP contribution in [0.15, 0.2) is 11.4 Å². The summed E-state index contributed by atoms with van der Waals surface area (Å²) in [6.07, 6.45) is 5.28. The largest absolute Gasteiger partial charge is 0.394 e. The zero-order chi connectivity index (χ0) is 18.1. The molecule has 2 aromatic heterocycles. The van der Waals surface area contributed by atoms with E-state index in [1.807, 2.05) is 17.0 Å². The number of hydrogen-bond donors (Lipinski definition) is 2. The van der Waals surface area contributed by atoms with Crippen LogP contribution in [-0.2, 0) is 11.2 Å². The second-order valence-electron chi connectivity index (χ2n) is 6.55. The first-order valence-electron chi connectivity index (χ1n) is 8.53. The number of aliphatic hydroxyl groups is 2. The van der Waals surface area contributed by atoms with Crippen LogP contribution in [0.25, 0.3) is 11.0 Å². The average Bonchev–Trinajstić information content (AvgIpc) is 3.15. The zero-order valence-electron chi connectivity index (χ0n) is 14.6. The van der Waals surface area contributed by atoms with Gasteiger partial charge in [0, 0.05) is 12.6 Å². The van der Waals surface area contributed by atoms with E-state index < -0.39 is 6.10 Å². The molecule has 0 aromatic carbocycles. The van der Waals surface area contributed by atoms with Crippen molar-refractivity contribution in [2.24, 2.45) is 5.92 Å². The number of ether oxygens (including phenoxy) is 1. The summed E-state index contributed by atoms with van der Waals surface area (Å²) in [5, 5.41) is 20.8. The van der Waals surface area contributed by atoms with E-state index in [1.165, 1.54) is 11.8 Å². The van der Waals surface area contributed by atoms with Crippen LogP contribution >= 0.6 is 23.4 Å². The monoisotopic (exact) mass is 385 g/mol. The standard InChI is InChI=1S/C17H24ClN3O3S/c1-4-12-9(2)5-13(24-12)21-7-10(6-11(23)8-22)14-15(18)19-17(25-3)20-16(14)21/h7,9,11-13,22-23H,4-6,8H2,1-3H3. The maximum atomic E-state index is 9.88. The molecule has 1 aliphatic rings. The van der Waals surface area contributed by atoms with Crippen LogP contribution in [0, 0.1) is 5.92 Å². The van der Waals surface area contributed by atoms with Gasteiger partial charge in [-0.05, 0) is 30.6 Å². The lowest BCUT2D eigenvalue weighted by molar-refractivity contribution is -0.00291. The van der Waals surface area contributed by atoms with Gasteiger partial charge in [0.1, 0.15) is 17.0 Å². The molecule has 0 radical (unpaired) electrons. The summed E-state index contributed by atoms with van der Waals surface area (Å²) < 4.78 is 8.22. The minimum Gasteiger partial charge on any atom is -0.394 e. The fourth-order valence-electron chi connectivity index (χ4n) is 3.48. The highest BCUT2D eigenvalue weighted by molar-refractivity contribution is 7.98. The highest BCUT2D eigenvalue weighted by atomic mass is 35.5. The van der Waals surface area contributed by atoms with Gasteiger partial charge in [0.05, 0.1) is 24.2 Å². The maximum Gasteiger partial charge on any atom is 0.190 e. The van der Waals surface area contributed by atoms with E-state index in [-0.39, 0.29) is 18.9 Å². The normalized spacial score (nSPS) is 25.0. The van der Waals surface area contributed by atoms with Crippen molar-refractivity contribution in [1.29, 1.82) is 0 Å². The molecule has 2 N–H and O–H groups in total. The fraction of sp³-hybridized carbons (Fsp3) is 0.647. The van der Waals surface area contributed by atoms with Gasteiger partial charge in [-0.25, -0.2) is 9.97 Å². The van der Waals surface area contributed by atoms with Crippen molar-refractivity contribution in [2.45, 2.75) is 56.7 Å². The number of nitrogens with zero attached hydrogens (tertiary/aromatic N) is 3. The Labute approximate surface area is 156 Å². The van der Waals surface area contributed by atoms with Crippen molar-refractivity contribution in [3.05, 3.63) is 16.9 Å². The molecule has 4 unspecified atom stereocenters. The van der Waals surface area contributed by atoms with E-state index in [0.29, 0.717) is 22.6 Å². The molecule has 6 nitrogen and oxygen atoms in total. The third-order valence-corrected chi connectivity index (χ3v) is 5.61. The molecule has 0 spiro atoms. The molecule has 0 bridgehead atoms. The summed E-state index contributed by atoms with van der Waals surface area (Å²) in [4.78, 5) is 8.95. The van der Waals surface area contributed by atoms with E-state index in [2.05, 4.69) is 23.8 Å². The summed E-state index contributed by atoms with van der Waals surface area (Å²) in [6, 6.07) is 0. The van der Waals surface area contributed by atoms with Gasteiger partial charge in [0.25, 0.3) is 0 Å². The van der Waals surface area contributed by atoms with Crippen molar-refractivity contribution in [3.8, 4) is 0 Å². The van der Waals surface area contributed by atoms with Crippen LogP contribution in [-0.4, -0.2) is 49.8 Å². The predicted molar refractivity (Wildman–Crippen MR) is 99.1 cm³/mol. The molecule has 2 aromatic rings. The first-order chi connectivity index (χ1) is 12.0. The number of rotatable bonds is 6. The second-order valence-corrected chi connectivity index (χ2v) is 7.68. The first-order valence-corrected chi connectivity index (χ1v) is 10.1. The molecule has 138 valence electrons. The quantitative estimate of drug-likeness (QED) is 0.452. The minimum absolute atomic E-state index is 0.108. The Hall–Kier alpha value is -0.860. The molecule has 4 atom stereocenters. The van der Waals surface area contributed by atoms with E-state index in [9.17, 15) is 10.2 Å². The summed E-state index contributed by atoms with van der Waals surface area (Å²) in [6.45, 7) is 4.03.